The lowest BCUT2D eigenvalue weighted by Gasteiger charge is -2.14. The molecule has 0 saturated carbocycles. The molecular formula is C17H17N3O3S. The number of nitrogens with one attached hydrogen (secondary N) is 1. The first-order chi connectivity index (χ1) is 11.5. The standard InChI is InChI=1S/C17H17N3O3S/c1-9-3-4-11(5-10(9)2)12-7-24-16-14(12)15(18-8-19-16)20-13(6-21)17(22)23/h3-5,7-8,13,21H,6H2,1-2H3,(H,22,23)(H,18,19,20). The average Bonchev–Trinajstić information content (AvgIpc) is 2.99. The first kappa shape index (κ1) is 16.4. The van der Waals surface area contributed by atoms with Gasteiger partial charge in [0.25, 0.3) is 0 Å². The summed E-state index contributed by atoms with van der Waals surface area (Å²) < 4.78 is 0. The molecular weight excluding hydrogens is 326 g/mol. The van der Waals surface area contributed by atoms with Crippen LogP contribution in [0.15, 0.2) is 29.9 Å². The third-order valence-corrected chi connectivity index (χ3v) is 4.87. The molecule has 124 valence electrons. The van der Waals surface area contributed by atoms with Gasteiger partial charge in [-0.25, -0.2) is 14.8 Å². The molecule has 0 radical (unpaired) electrons. The lowest BCUT2D eigenvalue weighted by molar-refractivity contribution is -0.138. The van der Waals surface area contributed by atoms with Crippen molar-refractivity contribution < 1.29 is 15.0 Å². The monoisotopic (exact) mass is 343 g/mol. The van der Waals surface area contributed by atoms with Gasteiger partial charge in [-0.15, -0.1) is 11.3 Å². The number of rotatable bonds is 5. The first-order valence-electron chi connectivity index (χ1n) is 7.41. The normalized spacial score (nSPS) is 12.3. The zero-order valence-corrected chi connectivity index (χ0v) is 14.1. The number of aliphatic carboxylic acids is 1. The molecule has 2 aromatic heterocycles. The molecule has 7 heteroatoms. The molecule has 0 bridgehead atoms. The van der Waals surface area contributed by atoms with Crippen LogP contribution in [0.3, 0.4) is 0 Å². The molecule has 1 unspecified atom stereocenters. The minimum atomic E-state index is -1.13. The maximum Gasteiger partial charge on any atom is 0.328 e. The number of anilines is 1. The fraction of sp³-hybridized carbons (Fsp3) is 0.235. The third kappa shape index (κ3) is 2.95. The second kappa shape index (κ2) is 6.54. The number of aliphatic hydroxyl groups is 1. The fourth-order valence-corrected chi connectivity index (χ4v) is 3.37. The van der Waals surface area contributed by atoms with Crippen LogP contribution in [0.1, 0.15) is 11.1 Å². The molecule has 0 aliphatic rings. The summed E-state index contributed by atoms with van der Waals surface area (Å²) in [7, 11) is 0. The highest BCUT2D eigenvalue weighted by Crippen LogP contribution is 2.37. The van der Waals surface area contributed by atoms with Crippen LogP contribution in [-0.2, 0) is 4.79 Å². The maximum atomic E-state index is 11.2. The molecule has 0 aliphatic carbocycles. The molecule has 0 saturated heterocycles. The lowest BCUT2D eigenvalue weighted by Crippen LogP contribution is -2.33. The van der Waals surface area contributed by atoms with E-state index in [1.807, 2.05) is 11.4 Å². The van der Waals surface area contributed by atoms with Crippen LogP contribution in [0.5, 0.6) is 0 Å². The second-order valence-corrected chi connectivity index (χ2v) is 6.43. The number of aromatic nitrogens is 2. The van der Waals surface area contributed by atoms with Gasteiger partial charge in [0.2, 0.25) is 0 Å². The van der Waals surface area contributed by atoms with Gasteiger partial charge < -0.3 is 15.5 Å². The van der Waals surface area contributed by atoms with E-state index < -0.39 is 18.6 Å². The van der Waals surface area contributed by atoms with Gasteiger partial charge in [-0.3, -0.25) is 0 Å². The SMILES string of the molecule is Cc1ccc(-c2csc3ncnc(NC(CO)C(=O)O)c23)cc1C. The number of hydrogen-bond donors (Lipinski definition) is 3. The van der Waals surface area contributed by atoms with E-state index in [-0.39, 0.29) is 0 Å². The smallest absolute Gasteiger partial charge is 0.328 e. The van der Waals surface area contributed by atoms with Crippen LogP contribution in [0.4, 0.5) is 5.82 Å². The highest BCUT2D eigenvalue weighted by Gasteiger charge is 2.20. The maximum absolute atomic E-state index is 11.2. The molecule has 3 rings (SSSR count). The van der Waals surface area contributed by atoms with E-state index in [4.69, 9.17) is 5.11 Å². The highest BCUT2D eigenvalue weighted by atomic mass is 32.1. The van der Waals surface area contributed by atoms with Crippen LogP contribution in [0.25, 0.3) is 21.3 Å². The van der Waals surface area contributed by atoms with Crippen molar-refractivity contribution in [1.82, 2.24) is 9.97 Å². The number of aliphatic hydroxyl groups excluding tert-OH is 1. The number of carboxylic acid groups (broad SMARTS) is 1. The lowest BCUT2D eigenvalue weighted by atomic mass is 10.0. The summed E-state index contributed by atoms with van der Waals surface area (Å²) in [6.07, 6.45) is 1.39. The van der Waals surface area contributed by atoms with Crippen LogP contribution in [0.2, 0.25) is 0 Å². The predicted octanol–water partition coefficient (Wildman–Crippen LogP) is 2.83. The minimum Gasteiger partial charge on any atom is -0.480 e. The Kier molecular flexibility index (Phi) is 4.46. The summed E-state index contributed by atoms with van der Waals surface area (Å²) in [5.41, 5.74) is 4.36. The number of thiophene rings is 1. The van der Waals surface area contributed by atoms with Crippen LogP contribution in [0, 0.1) is 13.8 Å². The Labute approximate surface area is 142 Å². The van der Waals surface area contributed by atoms with Crippen molar-refractivity contribution in [1.29, 1.82) is 0 Å². The van der Waals surface area contributed by atoms with Crippen molar-refractivity contribution in [2.24, 2.45) is 0 Å². The topological polar surface area (TPSA) is 95.3 Å². The van der Waals surface area contributed by atoms with E-state index in [0.717, 1.165) is 21.3 Å². The van der Waals surface area contributed by atoms with Gasteiger partial charge in [-0.05, 0) is 30.5 Å². The minimum absolute atomic E-state index is 0.413. The molecule has 0 fully saturated rings. The molecule has 3 aromatic rings. The number of aryl methyl sites for hydroxylation is 2. The zero-order valence-electron chi connectivity index (χ0n) is 13.3. The quantitative estimate of drug-likeness (QED) is 0.659. The molecule has 24 heavy (non-hydrogen) atoms. The number of hydrogen-bond acceptors (Lipinski definition) is 6. The molecule has 6 nitrogen and oxygen atoms in total. The molecule has 2 heterocycles. The van der Waals surface area contributed by atoms with Gasteiger partial charge in [0.15, 0.2) is 0 Å². The van der Waals surface area contributed by atoms with Crippen LogP contribution >= 0.6 is 11.3 Å². The number of nitrogens with zero attached hydrogens (tertiary/aromatic N) is 2. The van der Waals surface area contributed by atoms with E-state index in [1.165, 1.54) is 28.8 Å². The van der Waals surface area contributed by atoms with Gasteiger partial charge in [0.1, 0.15) is 23.0 Å². The van der Waals surface area contributed by atoms with E-state index in [1.54, 1.807) is 0 Å². The highest BCUT2D eigenvalue weighted by molar-refractivity contribution is 7.17. The van der Waals surface area contributed by atoms with Crippen molar-refractivity contribution in [3.63, 3.8) is 0 Å². The summed E-state index contributed by atoms with van der Waals surface area (Å²) in [5.74, 6) is -0.719. The van der Waals surface area contributed by atoms with E-state index in [2.05, 4.69) is 41.3 Å². The van der Waals surface area contributed by atoms with Gasteiger partial charge in [-0.1, -0.05) is 18.2 Å². The molecule has 0 spiro atoms. The largest absolute Gasteiger partial charge is 0.480 e. The number of carboxylic acids is 1. The van der Waals surface area contributed by atoms with Crippen molar-refractivity contribution in [3.05, 3.63) is 41.0 Å². The van der Waals surface area contributed by atoms with E-state index in [9.17, 15) is 9.90 Å². The van der Waals surface area contributed by atoms with Crippen molar-refractivity contribution >= 4 is 33.3 Å². The number of fused-ring (bicyclic) bond motifs is 1. The fourth-order valence-electron chi connectivity index (χ4n) is 2.46. The molecule has 3 N–H and O–H groups in total. The Hall–Kier alpha value is -2.51. The van der Waals surface area contributed by atoms with Crippen molar-refractivity contribution in [2.75, 3.05) is 11.9 Å². The van der Waals surface area contributed by atoms with Crippen molar-refractivity contribution in [2.45, 2.75) is 19.9 Å². The van der Waals surface area contributed by atoms with Gasteiger partial charge >= 0.3 is 5.97 Å². The predicted molar refractivity (Wildman–Crippen MR) is 94.5 cm³/mol. The summed E-state index contributed by atoms with van der Waals surface area (Å²) >= 11 is 1.48. The zero-order chi connectivity index (χ0) is 17.3. The third-order valence-electron chi connectivity index (χ3n) is 3.98. The Morgan fingerprint density at radius 1 is 1.29 bits per heavy atom. The van der Waals surface area contributed by atoms with Gasteiger partial charge in [-0.2, -0.15) is 0 Å². The van der Waals surface area contributed by atoms with Crippen molar-refractivity contribution in [3.8, 4) is 11.1 Å². The van der Waals surface area contributed by atoms with E-state index >= 15 is 0 Å². The molecule has 0 aliphatic heterocycles. The number of carbonyl (C=O) groups is 1. The Bertz CT molecular complexity index is 907. The number of benzene rings is 1. The van der Waals surface area contributed by atoms with Gasteiger partial charge in [0, 0.05) is 10.9 Å². The average molecular weight is 343 g/mol. The summed E-state index contributed by atoms with van der Waals surface area (Å²) in [6, 6.07) is 5.06. The van der Waals surface area contributed by atoms with Gasteiger partial charge in [0.05, 0.1) is 12.0 Å². The Balaban J connectivity index is 2.13. The van der Waals surface area contributed by atoms with E-state index in [0.29, 0.717) is 5.82 Å². The Morgan fingerprint density at radius 2 is 2.08 bits per heavy atom. The van der Waals surface area contributed by atoms with Crippen LogP contribution < -0.4 is 5.32 Å². The van der Waals surface area contributed by atoms with Crippen LogP contribution in [-0.4, -0.2) is 38.8 Å². The molecule has 0 amide bonds. The summed E-state index contributed by atoms with van der Waals surface area (Å²) in [6.45, 7) is 3.58. The summed E-state index contributed by atoms with van der Waals surface area (Å²) in [5, 5.41) is 24.0. The second-order valence-electron chi connectivity index (χ2n) is 5.57. The Morgan fingerprint density at radius 3 is 2.75 bits per heavy atom. The molecule has 1 aromatic carbocycles. The summed E-state index contributed by atoms with van der Waals surface area (Å²) in [4.78, 5) is 20.4. The molecule has 1 atom stereocenters. The first-order valence-corrected chi connectivity index (χ1v) is 8.29.